The van der Waals surface area contributed by atoms with Crippen molar-refractivity contribution in [3.63, 3.8) is 0 Å². The van der Waals surface area contributed by atoms with Crippen LogP contribution in [-0.4, -0.2) is 10.8 Å². The van der Waals surface area contributed by atoms with Crippen LogP contribution >= 0.6 is 11.6 Å². The molecule has 4 aliphatic carbocycles. The molecule has 2 nitrogen and oxygen atoms in total. The molecule has 0 spiro atoms. The van der Waals surface area contributed by atoms with Crippen molar-refractivity contribution in [3.8, 4) is 0 Å². The first-order valence-corrected chi connectivity index (χ1v) is 8.41. The number of amides is 1. The summed E-state index contributed by atoms with van der Waals surface area (Å²) in [6.45, 7) is 2.05. The summed E-state index contributed by atoms with van der Waals surface area (Å²) in [5.41, 5.74) is 1.88. The first-order valence-electron chi connectivity index (χ1n) is 8.04. The van der Waals surface area contributed by atoms with Gasteiger partial charge in [0, 0.05) is 10.6 Å². The third-order valence-electron chi connectivity index (χ3n) is 5.75. The van der Waals surface area contributed by atoms with Crippen LogP contribution in [0.5, 0.6) is 0 Å². The number of nitrogens with one attached hydrogen (secondary N) is 1. The fraction of sp³-hybridized carbons (Fsp3) is 0.611. The van der Waals surface area contributed by atoms with E-state index in [4.69, 9.17) is 11.6 Å². The molecule has 0 radical (unpaired) electrons. The molecule has 0 heterocycles. The van der Waals surface area contributed by atoms with Crippen LogP contribution < -0.4 is 5.32 Å². The molecule has 3 heteroatoms. The van der Waals surface area contributed by atoms with Gasteiger partial charge < -0.3 is 5.32 Å². The molecule has 1 aromatic rings. The second-order valence-electron chi connectivity index (χ2n) is 7.72. The molecule has 0 aliphatic heterocycles. The number of carbonyl (C=O) groups excluding carboxylic acids is 1. The van der Waals surface area contributed by atoms with Crippen molar-refractivity contribution in [2.24, 2.45) is 17.3 Å². The SMILES string of the molecule is Cc1cccc(NC(=O)C23C[C@@H]4C[C@@H](CC(Cl)(C4)C2)C3)c1. The molecule has 4 bridgehead atoms. The Hall–Kier alpha value is -1.02. The van der Waals surface area contributed by atoms with Gasteiger partial charge >= 0.3 is 0 Å². The normalized spacial score (nSPS) is 40.3. The van der Waals surface area contributed by atoms with E-state index in [-0.39, 0.29) is 16.2 Å². The molecular formula is C18H22ClNO. The lowest BCUT2D eigenvalue weighted by Gasteiger charge is -2.59. The molecule has 4 atom stereocenters. The molecule has 0 aromatic heterocycles. The summed E-state index contributed by atoms with van der Waals surface area (Å²) in [5.74, 6) is 1.52. The smallest absolute Gasteiger partial charge is 0.230 e. The summed E-state index contributed by atoms with van der Waals surface area (Å²) in [4.78, 5) is 12.8. The topological polar surface area (TPSA) is 29.1 Å². The minimum Gasteiger partial charge on any atom is -0.326 e. The highest BCUT2D eigenvalue weighted by Crippen LogP contribution is 2.64. The van der Waals surface area contributed by atoms with Crippen molar-refractivity contribution < 1.29 is 4.79 Å². The minimum absolute atomic E-state index is 0.103. The van der Waals surface area contributed by atoms with Crippen LogP contribution in [0.3, 0.4) is 0 Å². The van der Waals surface area contributed by atoms with Crippen molar-refractivity contribution in [3.05, 3.63) is 29.8 Å². The van der Waals surface area contributed by atoms with Gasteiger partial charge in [-0.25, -0.2) is 0 Å². The number of alkyl halides is 1. The van der Waals surface area contributed by atoms with Gasteiger partial charge in [0.25, 0.3) is 0 Å². The number of rotatable bonds is 2. The average molecular weight is 304 g/mol. The van der Waals surface area contributed by atoms with E-state index in [0.717, 1.165) is 37.8 Å². The molecule has 4 aliphatic rings. The molecule has 112 valence electrons. The van der Waals surface area contributed by atoms with Gasteiger partial charge in [0.05, 0.1) is 5.41 Å². The van der Waals surface area contributed by atoms with Gasteiger partial charge in [-0.3, -0.25) is 4.79 Å². The number of aryl methyl sites for hydroxylation is 1. The largest absolute Gasteiger partial charge is 0.326 e. The van der Waals surface area contributed by atoms with Gasteiger partial charge in [-0.2, -0.15) is 0 Å². The van der Waals surface area contributed by atoms with Gasteiger partial charge in [-0.1, -0.05) is 12.1 Å². The number of carbonyl (C=O) groups is 1. The Balaban J connectivity index is 1.59. The van der Waals surface area contributed by atoms with Crippen molar-refractivity contribution in [2.45, 2.75) is 50.3 Å². The maximum Gasteiger partial charge on any atom is 0.230 e. The monoisotopic (exact) mass is 303 g/mol. The van der Waals surface area contributed by atoms with Crippen molar-refractivity contribution in [1.82, 2.24) is 0 Å². The summed E-state index contributed by atoms with van der Waals surface area (Å²) in [5, 5.41) is 3.16. The molecule has 1 N–H and O–H groups in total. The van der Waals surface area contributed by atoms with E-state index in [1.54, 1.807) is 0 Å². The fourth-order valence-corrected chi connectivity index (χ4v) is 6.10. The number of hydrogen-bond acceptors (Lipinski definition) is 1. The molecular weight excluding hydrogens is 282 g/mol. The number of benzene rings is 1. The molecule has 1 aromatic carbocycles. The highest BCUT2D eigenvalue weighted by atomic mass is 35.5. The minimum atomic E-state index is -0.213. The third kappa shape index (κ3) is 2.28. The Kier molecular flexibility index (Phi) is 2.91. The molecule has 5 rings (SSSR count). The van der Waals surface area contributed by atoms with Crippen molar-refractivity contribution in [1.29, 1.82) is 0 Å². The standard InChI is InChI=1S/C18H22ClNO/c1-12-3-2-4-15(5-12)20-16(21)17-7-13-6-14(8-17)10-18(19,9-13)11-17/h2-5,13-14H,6-11H2,1H3,(H,20,21)/t13-,14+,17?,18?. The lowest BCUT2D eigenvalue weighted by atomic mass is 9.49. The van der Waals surface area contributed by atoms with E-state index in [2.05, 4.69) is 5.32 Å². The van der Waals surface area contributed by atoms with E-state index in [1.807, 2.05) is 31.2 Å². The van der Waals surface area contributed by atoms with Crippen molar-refractivity contribution in [2.75, 3.05) is 5.32 Å². The zero-order valence-corrected chi connectivity index (χ0v) is 13.2. The van der Waals surface area contributed by atoms with Crippen LogP contribution in [0, 0.1) is 24.2 Å². The summed E-state index contributed by atoms with van der Waals surface area (Å²) < 4.78 is 0. The molecule has 1 amide bonds. The van der Waals surface area contributed by atoms with E-state index in [0.29, 0.717) is 11.8 Å². The number of anilines is 1. The quantitative estimate of drug-likeness (QED) is 0.800. The van der Waals surface area contributed by atoms with Gasteiger partial charge in [0.1, 0.15) is 0 Å². The maximum atomic E-state index is 12.9. The lowest BCUT2D eigenvalue weighted by Crippen LogP contribution is -2.57. The Morgan fingerprint density at radius 3 is 2.57 bits per heavy atom. The number of halogens is 1. The first kappa shape index (κ1) is 13.6. The highest BCUT2D eigenvalue weighted by molar-refractivity contribution is 6.24. The van der Waals surface area contributed by atoms with Gasteiger partial charge in [0.2, 0.25) is 5.91 Å². The van der Waals surface area contributed by atoms with E-state index < -0.39 is 0 Å². The predicted molar refractivity (Wildman–Crippen MR) is 85.5 cm³/mol. The fourth-order valence-electron chi connectivity index (χ4n) is 5.40. The Labute approximate surface area is 131 Å². The molecule has 2 unspecified atom stereocenters. The maximum absolute atomic E-state index is 12.9. The molecule has 21 heavy (non-hydrogen) atoms. The summed E-state index contributed by atoms with van der Waals surface area (Å²) in [6.07, 6.45) is 6.46. The van der Waals surface area contributed by atoms with E-state index in [9.17, 15) is 4.79 Å². The van der Waals surface area contributed by atoms with Crippen LogP contribution in [0.1, 0.15) is 44.1 Å². The third-order valence-corrected chi connectivity index (χ3v) is 6.19. The van der Waals surface area contributed by atoms with Gasteiger partial charge in [-0.05, 0) is 75.0 Å². The molecule has 0 saturated heterocycles. The predicted octanol–water partition coefficient (Wildman–Crippen LogP) is 4.51. The van der Waals surface area contributed by atoms with E-state index >= 15 is 0 Å². The lowest BCUT2D eigenvalue weighted by molar-refractivity contribution is -0.138. The summed E-state index contributed by atoms with van der Waals surface area (Å²) in [6, 6.07) is 8.05. The van der Waals surface area contributed by atoms with Crippen LogP contribution in [0.2, 0.25) is 0 Å². The summed E-state index contributed by atoms with van der Waals surface area (Å²) >= 11 is 6.81. The first-order chi connectivity index (χ1) is 9.96. The van der Waals surface area contributed by atoms with Gasteiger partial charge in [0.15, 0.2) is 0 Å². The van der Waals surface area contributed by atoms with Gasteiger partial charge in [-0.15, -0.1) is 11.6 Å². The van der Waals surface area contributed by atoms with Crippen LogP contribution in [0.25, 0.3) is 0 Å². The summed E-state index contributed by atoms with van der Waals surface area (Å²) in [7, 11) is 0. The molecule has 4 saturated carbocycles. The van der Waals surface area contributed by atoms with Crippen molar-refractivity contribution >= 4 is 23.2 Å². The van der Waals surface area contributed by atoms with E-state index in [1.165, 1.54) is 12.0 Å². The van der Waals surface area contributed by atoms with Crippen LogP contribution in [0.4, 0.5) is 5.69 Å². The zero-order chi connectivity index (χ0) is 14.7. The Morgan fingerprint density at radius 2 is 1.95 bits per heavy atom. The average Bonchev–Trinajstić information content (AvgIpc) is 2.35. The Morgan fingerprint density at radius 1 is 1.24 bits per heavy atom. The molecule has 4 fully saturated rings. The Bertz CT molecular complexity index is 583. The second-order valence-corrected chi connectivity index (χ2v) is 8.52. The van der Waals surface area contributed by atoms with Crippen LogP contribution in [0.15, 0.2) is 24.3 Å². The number of hydrogen-bond donors (Lipinski definition) is 1. The van der Waals surface area contributed by atoms with Crippen LogP contribution in [-0.2, 0) is 4.79 Å². The zero-order valence-electron chi connectivity index (χ0n) is 12.5. The highest BCUT2D eigenvalue weighted by Gasteiger charge is 2.60. The second kappa shape index (κ2) is 4.49.